The van der Waals surface area contributed by atoms with Crippen LogP contribution in [0.5, 0.6) is 0 Å². The van der Waals surface area contributed by atoms with Crippen molar-refractivity contribution in [2.24, 2.45) is 0 Å². The molecule has 72 valence electrons. The van der Waals surface area contributed by atoms with Crippen molar-refractivity contribution in [3.8, 4) is 0 Å². The number of hydrogen-bond donors (Lipinski definition) is 0. The first kappa shape index (κ1) is 9.90. The third-order valence-electron chi connectivity index (χ3n) is 1.68. The largest absolute Gasteiger partial charge is 0.224 e. The van der Waals surface area contributed by atoms with Crippen LogP contribution in [0.2, 0.25) is 15.5 Å². The van der Waals surface area contributed by atoms with Crippen LogP contribution in [0.3, 0.4) is 0 Å². The minimum absolute atomic E-state index is 0.0301. The van der Waals surface area contributed by atoms with Crippen molar-refractivity contribution in [2.45, 2.75) is 0 Å². The van der Waals surface area contributed by atoms with Gasteiger partial charge in [-0.3, -0.25) is 0 Å². The molecule has 1 heterocycles. The standard InChI is InChI=1S/C8H2Cl3FN2/c9-3-1-2-4(12)6-5(3)7(10)14-8(11)13-6/h1-2H. The third kappa shape index (κ3) is 1.52. The second-order valence-electron chi connectivity index (χ2n) is 2.54. The Kier molecular flexibility index (Phi) is 2.47. The summed E-state index contributed by atoms with van der Waals surface area (Å²) in [7, 11) is 0. The number of benzene rings is 1. The minimum Gasteiger partial charge on any atom is -0.215 e. The Bertz CT molecular complexity index is 515. The molecule has 0 spiro atoms. The summed E-state index contributed by atoms with van der Waals surface area (Å²) in [6.45, 7) is 0. The summed E-state index contributed by atoms with van der Waals surface area (Å²) in [5.41, 5.74) is 0.0301. The van der Waals surface area contributed by atoms with Crippen molar-refractivity contribution in [1.29, 1.82) is 0 Å². The molecule has 1 aromatic carbocycles. The van der Waals surface area contributed by atoms with Gasteiger partial charge in [-0.15, -0.1) is 0 Å². The molecule has 0 fully saturated rings. The lowest BCUT2D eigenvalue weighted by atomic mass is 10.2. The van der Waals surface area contributed by atoms with E-state index in [9.17, 15) is 4.39 Å². The van der Waals surface area contributed by atoms with Crippen molar-refractivity contribution < 1.29 is 4.39 Å². The highest BCUT2D eigenvalue weighted by molar-refractivity contribution is 6.42. The lowest BCUT2D eigenvalue weighted by Gasteiger charge is -2.02. The number of rotatable bonds is 0. The molecule has 0 bridgehead atoms. The quantitative estimate of drug-likeness (QED) is 0.527. The first-order chi connectivity index (χ1) is 6.59. The fourth-order valence-corrected chi connectivity index (χ4v) is 1.87. The van der Waals surface area contributed by atoms with Crippen LogP contribution >= 0.6 is 34.8 Å². The van der Waals surface area contributed by atoms with Gasteiger partial charge >= 0.3 is 0 Å². The Labute approximate surface area is 93.6 Å². The maximum atomic E-state index is 13.3. The first-order valence-corrected chi connectivity index (χ1v) is 4.69. The number of aromatic nitrogens is 2. The molecular formula is C8H2Cl3FN2. The van der Waals surface area contributed by atoms with Crippen LogP contribution < -0.4 is 0 Å². The van der Waals surface area contributed by atoms with Crippen LogP contribution in [-0.4, -0.2) is 9.97 Å². The second kappa shape index (κ2) is 3.50. The Morgan fingerprint density at radius 1 is 1.07 bits per heavy atom. The predicted octanol–water partition coefficient (Wildman–Crippen LogP) is 3.73. The summed E-state index contributed by atoms with van der Waals surface area (Å²) >= 11 is 17.1. The van der Waals surface area contributed by atoms with Gasteiger partial charge in [0, 0.05) is 0 Å². The van der Waals surface area contributed by atoms with E-state index in [-0.39, 0.29) is 21.3 Å². The summed E-state index contributed by atoms with van der Waals surface area (Å²) in [5, 5.41) is 0.508. The van der Waals surface area contributed by atoms with E-state index in [4.69, 9.17) is 34.8 Å². The van der Waals surface area contributed by atoms with Gasteiger partial charge in [0.2, 0.25) is 5.28 Å². The lowest BCUT2D eigenvalue weighted by Crippen LogP contribution is -1.90. The fourth-order valence-electron chi connectivity index (χ4n) is 1.10. The van der Waals surface area contributed by atoms with Gasteiger partial charge in [-0.1, -0.05) is 23.2 Å². The molecule has 6 heteroatoms. The molecule has 2 nitrogen and oxygen atoms in total. The van der Waals surface area contributed by atoms with E-state index in [1.54, 1.807) is 0 Å². The number of hydrogen-bond acceptors (Lipinski definition) is 2. The van der Waals surface area contributed by atoms with Gasteiger partial charge < -0.3 is 0 Å². The molecule has 0 N–H and O–H groups in total. The summed E-state index contributed by atoms with van der Waals surface area (Å²) in [4.78, 5) is 7.38. The van der Waals surface area contributed by atoms with E-state index in [1.165, 1.54) is 12.1 Å². The van der Waals surface area contributed by atoms with Crippen LogP contribution in [0, 0.1) is 5.82 Å². The number of halogens is 4. The van der Waals surface area contributed by atoms with Gasteiger partial charge in [0.15, 0.2) is 0 Å². The van der Waals surface area contributed by atoms with Crippen molar-refractivity contribution in [1.82, 2.24) is 9.97 Å². The predicted molar refractivity (Wildman–Crippen MR) is 54.5 cm³/mol. The highest BCUT2D eigenvalue weighted by atomic mass is 35.5. The molecule has 2 aromatic rings. The summed E-state index contributed by atoms with van der Waals surface area (Å²) in [6.07, 6.45) is 0. The van der Waals surface area contributed by atoms with Crippen molar-refractivity contribution in [2.75, 3.05) is 0 Å². The van der Waals surface area contributed by atoms with Crippen molar-refractivity contribution in [3.63, 3.8) is 0 Å². The van der Waals surface area contributed by atoms with E-state index in [1.807, 2.05) is 0 Å². The topological polar surface area (TPSA) is 25.8 Å². The van der Waals surface area contributed by atoms with E-state index >= 15 is 0 Å². The van der Waals surface area contributed by atoms with E-state index < -0.39 is 5.82 Å². The molecule has 14 heavy (non-hydrogen) atoms. The zero-order valence-corrected chi connectivity index (χ0v) is 8.83. The Morgan fingerprint density at radius 3 is 2.50 bits per heavy atom. The molecule has 1 aromatic heterocycles. The highest BCUT2D eigenvalue weighted by Crippen LogP contribution is 2.30. The minimum atomic E-state index is -0.532. The summed E-state index contributed by atoms with van der Waals surface area (Å²) < 4.78 is 13.3. The smallest absolute Gasteiger partial charge is 0.215 e. The molecular weight excluding hydrogens is 249 g/mol. The number of nitrogens with zero attached hydrogens (tertiary/aromatic N) is 2. The van der Waals surface area contributed by atoms with E-state index in [2.05, 4.69) is 9.97 Å². The molecule has 0 saturated carbocycles. The van der Waals surface area contributed by atoms with Gasteiger partial charge in [-0.2, -0.15) is 0 Å². The average molecular weight is 251 g/mol. The summed E-state index contributed by atoms with van der Waals surface area (Å²) in [5.74, 6) is -0.532. The normalized spacial score (nSPS) is 10.9. The van der Waals surface area contributed by atoms with Crippen LogP contribution in [0.4, 0.5) is 4.39 Å². The monoisotopic (exact) mass is 250 g/mol. The third-order valence-corrected chi connectivity index (χ3v) is 2.44. The zero-order chi connectivity index (χ0) is 10.3. The lowest BCUT2D eigenvalue weighted by molar-refractivity contribution is 0.636. The maximum absolute atomic E-state index is 13.3. The van der Waals surface area contributed by atoms with Gasteiger partial charge in [-0.05, 0) is 23.7 Å². The van der Waals surface area contributed by atoms with Crippen LogP contribution in [0.15, 0.2) is 12.1 Å². The Hall–Kier alpha value is -0.640. The maximum Gasteiger partial charge on any atom is 0.224 e. The van der Waals surface area contributed by atoms with Gasteiger partial charge in [0.25, 0.3) is 0 Å². The molecule has 0 atom stereocenters. The van der Waals surface area contributed by atoms with Gasteiger partial charge in [0.05, 0.1) is 10.4 Å². The molecule has 0 unspecified atom stereocenters. The van der Waals surface area contributed by atoms with Crippen molar-refractivity contribution in [3.05, 3.63) is 33.4 Å². The van der Waals surface area contributed by atoms with E-state index in [0.29, 0.717) is 5.02 Å². The molecule has 0 radical (unpaired) electrons. The van der Waals surface area contributed by atoms with Crippen LogP contribution in [0.1, 0.15) is 0 Å². The molecule has 0 amide bonds. The average Bonchev–Trinajstić information content (AvgIpc) is 2.10. The Morgan fingerprint density at radius 2 is 1.79 bits per heavy atom. The number of fused-ring (bicyclic) bond motifs is 1. The fraction of sp³-hybridized carbons (Fsp3) is 0. The molecule has 0 aliphatic heterocycles. The van der Waals surface area contributed by atoms with Crippen molar-refractivity contribution >= 4 is 45.7 Å². The highest BCUT2D eigenvalue weighted by Gasteiger charge is 2.11. The molecule has 0 aliphatic carbocycles. The molecule has 0 aliphatic rings. The van der Waals surface area contributed by atoms with Crippen LogP contribution in [-0.2, 0) is 0 Å². The van der Waals surface area contributed by atoms with Gasteiger partial charge in [0.1, 0.15) is 16.5 Å². The van der Waals surface area contributed by atoms with Gasteiger partial charge in [-0.25, -0.2) is 14.4 Å². The van der Waals surface area contributed by atoms with E-state index in [0.717, 1.165) is 0 Å². The second-order valence-corrected chi connectivity index (χ2v) is 3.64. The first-order valence-electron chi connectivity index (χ1n) is 3.56. The Balaban J connectivity index is 3.00. The zero-order valence-electron chi connectivity index (χ0n) is 6.56. The molecule has 2 rings (SSSR count). The molecule has 0 saturated heterocycles. The SMILES string of the molecule is Fc1ccc(Cl)c2c(Cl)nc(Cl)nc12. The summed E-state index contributed by atoms with van der Waals surface area (Å²) in [6, 6.07) is 2.59. The van der Waals surface area contributed by atoms with Crippen LogP contribution in [0.25, 0.3) is 10.9 Å².